The van der Waals surface area contributed by atoms with Crippen molar-refractivity contribution >= 4 is 34.3 Å². The average Bonchev–Trinajstić information content (AvgIpc) is 3.55. The predicted octanol–water partition coefficient (Wildman–Crippen LogP) is 8.28. The van der Waals surface area contributed by atoms with E-state index in [4.69, 9.17) is 9.47 Å². The maximum Gasteiger partial charge on any atom is 0.395 e. The van der Waals surface area contributed by atoms with E-state index in [9.17, 15) is 32.3 Å². The van der Waals surface area contributed by atoms with Crippen LogP contribution in [0.3, 0.4) is 0 Å². The van der Waals surface area contributed by atoms with Crippen molar-refractivity contribution in [1.29, 1.82) is 0 Å². The summed E-state index contributed by atoms with van der Waals surface area (Å²) in [5.74, 6) is 0.316. The van der Waals surface area contributed by atoms with E-state index < -0.39 is 23.5 Å². The molecule has 3 amide bonds. The molecular formula is C53H67F3N6O6. The number of aromatic nitrogens is 2. The molecule has 1 aliphatic carbocycles. The van der Waals surface area contributed by atoms with Crippen molar-refractivity contribution < 1.29 is 37.0 Å². The van der Waals surface area contributed by atoms with E-state index in [1.54, 1.807) is 32.4 Å². The molecule has 8 rings (SSSR count). The Kier molecular flexibility index (Phi) is 14.2. The Hall–Kier alpha value is -5.25. The number of fused-ring (bicyclic) bond motifs is 1. The van der Waals surface area contributed by atoms with Gasteiger partial charge in [-0.2, -0.15) is 13.2 Å². The number of nitrogens with one attached hydrogen (secondary N) is 1. The molecule has 3 aromatic carbocycles. The van der Waals surface area contributed by atoms with Gasteiger partial charge in [0.2, 0.25) is 11.8 Å². The summed E-state index contributed by atoms with van der Waals surface area (Å²) in [5.41, 5.74) is 3.30. The van der Waals surface area contributed by atoms with E-state index in [-0.39, 0.29) is 47.9 Å². The third kappa shape index (κ3) is 10.6. The lowest BCUT2D eigenvalue weighted by Crippen LogP contribution is -2.49. The molecule has 3 atom stereocenters. The first-order valence-electron chi connectivity index (χ1n) is 24.2. The Morgan fingerprint density at radius 3 is 2.28 bits per heavy atom. The Balaban J connectivity index is 0.860. The zero-order valence-corrected chi connectivity index (χ0v) is 40.4. The number of carbonyl (C=O) groups is 3. The van der Waals surface area contributed by atoms with Crippen LogP contribution < -0.4 is 15.7 Å². The first-order valence-corrected chi connectivity index (χ1v) is 24.2. The summed E-state index contributed by atoms with van der Waals surface area (Å²) in [6.45, 7) is 11.8. The third-order valence-corrected chi connectivity index (χ3v) is 15.1. The quantitative estimate of drug-likeness (QED) is 0.126. The standard InChI is InChI=1S/C53H67F3N6O6/c1-50(2,53(54,55)56)35-60(25-23-52(24-30-68-51(3,4)34-52)41-16-18-42(67-6)19-17-41)33-37-9-13-39(14-10-37)38-11-7-36(8-12-38)32-59-26-28-61(29-27-59)48(65)40-15-20-43-45(31-40)58(5)49(66)62(43)44-21-22-46(63)57-47(44)64/h9-11,13-20,31,36,44H,7-8,12,21-30,32-35H2,1-6H3,(H,57,63,64)/t36-,44+,52+/m0/s1. The molecule has 0 bridgehead atoms. The number of imide groups is 1. The molecule has 15 heteroatoms. The Bertz CT molecular complexity index is 2570. The second kappa shape index (κ2) is 19.6. The van der Waals surface area contributed by atoms with Crippen molar-refractivity contribution in [2.75, 3.05) is 59.5 Å². The van der Waals surface area contributed by atoms with Gasteiger partial charge in [-0.25, -0.2) is 4.79 Å². The molecule has 1 N–H and O–H groups in total. The van der Waals surface area contributed by atoms with Crippen LogP contribution in [0.2, 0.25) is 0 Å². The van der Waals surface area contributed by atoms with Gasteiger partial charge in [-0.05, 0) is 138 Å². The summed E-state index contributed by atoms with van der Waals surface area (Å²) in [5, 5.41) is 2.33. The second-order valence-electron chi connectivity index (χ2n) is 20.9. The van der Waals surface area contributed by atoms with Gasteiger partial charge in [0.1, 0.15) is 11.8 Å². The number of hydrogen-bond donors (Lipinski definition) is 1. The SMILES string of the molecule is COc1ccc([C@]2(CCN(Cc3ccc(C4=CC[C@H](CN5CCN(C(=O)c6ccc7c(c6)n(C)c(=O)n7[C@@H]6CCC(=O)NC6=O)CC5)CC4)cc3)CC(C)(C)C(F)(F)F)CCOC(C)(C)C2)cc1. The van der Waals surface area contributed by atoms with Gasteiger partial charge < -0.3 is 14.4 Å². The molecule has 4 aromatic rings. The van der Waals surface area contributed by atoms with E-state index in [0.29, 0.717) is 61.7 Å². The molecule has 68 heavy (non-hydrogen) atoms. The van der Waals surface area contributed by atoms with Crippen LogP contribution in [0, 0.1) is 11.3 Å². The number of aryl methyl sites for hydroxylation is 1. The number of alkyl halides is 3. The highest BCUT2D eigenvalue weighted by Gasteiger charge is 2.49. The Morgan fingerprint density at radius 2 is 1.65 bits per heavy atom. The lowest BCUT2D eigenvalue weighted by atomic mass is 9.67. The number of halogens is 3. The minimum atomic E-state index is -4.35. The van der Waals surface area contributed by atoms with Crippen LogP contribution in [0.5, 0.6) is 5.75 Å². The Labute approximate surface area is 397 Å². The first kappa shape index (κ1) is 49.2. The van der Waals surface area contributed by atoms with Gasteiger partial charge in [-0.3, -0.25) is 38.6 Å². The molecule has 4 heterocycles. The van der Waals surface area contributed by atoms with E-state index in [2.05, 4.69) is 66.5 Å². The number of benzene rings is 3. The zero-order chi connectivity index (χ0) is 48.6. The first-order chi connectivity index (χ1) is 32.2. The molecule has 1 aromatic heterocycles. The van der Waals surface area contributed by atoms with Gasteiger partial charge in [0.25, 0.3) is 5.91 Å². The van der Waals surface area contributed by atoms with Crippen LogP contribution in [0.1, 0.15) is 112 Å². The minimum Gasteiger partial charge on any atom is -0.497 e. The third-order valence-electron chi connectivity index (χ3n) is 15.1. The van der Waals surface area contributed by atoms with Gasteiger partial charge in [0.15, 0.2) is 0 Å². The Morgan fingerprint density at radius 1 is 0.926 bits per heavy atom. The fourth-order valence-corrected chi connectivity index (χ4v) is 11.1. The molecule has 0 saturated carbocycles. The molecule has 12 nitrogen and oxygen atoms in total. The summed E-state index contributed by atoms with van der Waals surface area (Å²) in [6, 6.07) is 20.9. The summed E-state index contributed by atoms with van der Waals surface area (Å²) < 4.78 is 57.6. The lowest BCUT2D eigenvalue weighted by molar-refractivity contribution is -0.217. The second-order valence-corrected chi connectivity index (χ2v) is 20.9. The fourth-order valence-electron chi connectivity index (χ4n) is 11.1. The molecule has 4 aliphatic rings. The number of carbonyl (C=O) groups excluding carboxylic acids is 3. The maximum absolute atomic E-state index is 14.4. The van der Waals surface area contributed by atoms with Gasteiger partial charge in [0, 0.05) is 76.9 Å². The number of hydrogen-bond acceptors (Lipinski definition) is 8. The van der Waals surface area contributed by atoms with Crippen LogP contribution in [-0.4, -0.2) is 113 Å². The summed E-state index contributed by atoms with van der Waals surface area (Å²) >= 11 is 0. The molecule has 3 saturated heterocycles. The van der Waals surface area contributed by atoms with Crippen molar-refractivity contribution in [1.82, 2.24) is 29.2 Å². The monoisotopic (exact) mass is 941 g/mol. The number of allylic oxidation sites excluding steroid dienone is 2. The minimum absolute atomic E-state index is 0.0981. The van der Waals surface area contributed by atoms with E-state index >= 15 is 0 Å². The van der Waals surface area contributed by atoms with Gasteiger partial charge >= 0.3 is 11.9 Å². The fraction of sp³-hybridized carbons (Fsp3) is 0.547. The maximum atomic E-state index is 14.4. The highest BCUT2D eigenvalue weighted by molar-refractivity contribution is 6.01. The van der Waals surface area contributed by atoms with Crippen LogP contribution in [0.25, 0.3) is 16.6 Å². The number of imidazole rings is 1. The number of methoxy groups -OCH3 is 1. The normalized spacial score (nSPS) is 22.9. The molecular weight excluding hydrogens is 874 g/mol. The van der Waals surface area contributed by atoms with E-state index in [1.807, 2.05) is 21.9 Å². The van der Waals surface area contributed by atoms with Gasteiger partial charge in [0.05, 0.1) is 29.2 Å². The van der Waals surface area contributed by atoms with Crippen molar-refractivity contribution in [2.24, 2.45) is 18.4 Å². The van der Waals surface area contributed by atoms with Crippen LogP contribution in [0.4, 0.5) is 13.2 Å². The largest absolute Gasteiger partial charge is 0.497 e. The highest BCUT2D eigenvalue weighted by atomic mass is 19.4. The number of piperidine rings is 1. The molecule has 3 aliphatic heterocycles. The smallest absolute Gasteiger partial charge is 0.395 e. The molecule has 366 valence electrons. The lowest BCUT2D eigenvalue weighted by Gasteiger charge is -2.46. The van der Waals surface area contributed by atoms with E-state index in [0.717, 1.165) is 74.2 Å². The number of rotatable bonds is 14. The number of amides is 3. The van der Waals surface area contributed by atoms with Crippen LogP contribution >= 0.6 is 0 Å². The topological polar surface area (TPSA) is 118 Å². The summed E-state index contributed by atoms with van der Waals surface area (Å²) in [7, 11) is 3.27. The molecule has 0 radical (unpaired) electrons. The predicted molar refractivity (Wildman–Crippen MR) is 256 cm³/mol. The van der Waals surface area contributed by atoms with Crippen LogP contribution in [0.15, 0.2) is 77.6 Å². The zero-order valence-electron chi connectivity index (χ0n) is 40.4. The van der Waals surface area contributed by atoms with Crippen molar-refractivity contribution in [3.8, 4) is 5.75 Å². The van der Waals surface area contributed by atoms with Crippen LogP contribution in [-0.2, 0) is 33.3 Å². The van der Waals surface area contributed by atoms with Crippen molar-refractivity contribution in [3.63, 3.8) is 0 Å². The van der Waals surface area contributed by atoms with Crippen molar-refractivity contribution in [2.45, 2.75) is 109 Å². The number of piperazine rings is 1. The van der Waals surface area contributed by atoms with Gasteiger partial charge in [-0.1, -0.05) is 42.5 Å². The average molecular weight is 941 g/mol. The highest BCUT2D eigenvalue weighted by Crippen LogP contribution is 2.45. The summed E-state index contributed by atoms with van der Waals surface area (Å²) in [4.78, 5) is 57.6. The molecule has 0 spiro atoms. The van der Waals surface area contributed by atoms with Crippen molar-refractivity contribution in [3.05, 3.63) is 106 Å². The summed E-state index contributed by atoms with van der Waals surface area (Å²) in [6.07, 6.45) is 3.59. The van der Waals surface area contributed by atoms with E-state index in [1.165, 1.54) is 28.6 Å². The molecule has 0 unspecified atom stereocenters. The van der Waals surface area contributed by atoms with Gasteiger partial charge in [-0.15, -0.1) is 0 Å². The number of nitrogens with zero attached hydrogens (tertiary/aromatic N) is 5. The molecule has 3 fully saturated rings. The number of ether oxygens (including phenoxy) is 2.